The predicted molar refractivity (Wildman–Crippen MR) is 118 cm³/mol. The van der Waals surface area contributed by atoms with Crippen molar-refractivity contribution in [3.05, 3.63) is 53.9 Å². The molecule has 7 nitrogen and oxygen atoms in total. The zero-order valence-electron chi connectivity index (χ0n) is 18.1. The number of nitrogens with zero attached hydrogens (tertiary/aromatic N) is 3. The Morgan fingerprint density at radius 3 is 2.30 bits per heavy atom. The van der Waals surface area contributed by atoms with Crippen LogP contribution >= 0.6 is 8.53 Å². The van der Waals surface area contributed by atoms with Crippen molar-refractivity contribution in [3.8, 4) is 6.07 Å². The third kappa shape index (κ3) is 6.37. The Bertz CT molecular complexity index is 941. The van der Waals surface area contributed by atoms with Gasteiger partial charge in [-0.15, -0.1) is 0 Å². The Morgan fingerprint density at radius 1 is 1.10 bits per heavy atom. The van der Waals surface area contributed by atoms with Crippen molar-refractivity contribution in [2.24, 2.45) is 0 Å². The number of hydrogen-bond donors (Lipinski definition) is 0. The van der Waals surface area contributed by atoms with E-state index in [2.05, 4.69) is 32.4 Å². The van der Waals surface area contributed by atoms with Gasteiger partial charge in [0.05, 0.1) is 17.6 Å². The second kappa shape index (κ2) is 11.0. The number of hydrogen-bond acceptors (Lipinski definition) is 6. The van der Waals surface area contributed by atoms with Crippen LogP contribution < -0.4 is 0 Å². The molecular weight excluding hydrogens is 421 g/mol. The van der Waals surface area contributed by atoms with Crippen molar-refractivity contribution in [2.45, 2.75) is 58.0 Å². The minimum Gasteiger partial charge on any atom is -0.322 e. The van der Waals surface area contributed by atoms with Crippen LogP contribution in [-0.4, -0.2) is 42.4 Å². The molecular formula is C21H30N3O4PS. The average molecular weight is 452 g/mol. The van der Waals surface area contributed by atoms with Crippen molar-refractivity contribution in [3.63, 3.8) is 0 Å². The third-order valence-corrected chi connectivity index (χ3v) is 8.11. The summed E-state index contributed by atoms with van der Waals surface area (Å²) >= 11 is 0. The lowest BCUT2D eigenvalue weighted by Gasteiger charge is -2.35. The quantitative estimate of drug-likeness (QED) is 0.469. The van der Waals surface area contributed by atoms with E-state index >= 15 is 0 Å². The molecule has 2 aromatic rings. The Morgan fingerprint density at radius 2 is 1.73 bits per heavy atom. The number of aromatic nitrogens is 1. The second-order valence-corrected chi connectivity index (χ2v) is 10.8. The van der Waals surface area contributed by atoms with Gasteiger partial charge in [-0.3, -0.25) is 0 Å². The van der Waals surface area contributed by atoms with Gasteiger partial charge in [-0.1, -0.05) is 17.7 Å². The average Bonchev–Trinajstić information content (AvgIpc) is 3.15. The van der Waals surface area contributed by atoms with Crippen LogP contribution in [0.2, 0.25) is 0 Å². The maximum absolute atomic E-state index is 12.8. The van der Waals surface area contributed by atoms with Crippen molar-refractivity contribution in [1.29, 1.82) is 5.26 Å². The highest BCUT2D eigenvalue weighted by Gasteiger charge is 2.27. The van der Waals surface area contributed by atoms with E-state index in [0.717, 1.165) is 11.1 Å². The summed E-state index contributed by atoms with van der Waals surface area (Å²) in [6, 6.07) is 11.0. The van der Waals surface area contributed by atoms with Crippen LogP contribution in [0.3, 0.4) is 0 Å². The molecule has 0 N–H and O–H groups in total. The summed E-state index contributed by atoms with van der Waals surface area (Å²) in [5.41, 5.74) is 1.85. The highest BCUT2D eigenvalue weighted by Crippen LogP contribution is 2.45. The zero-order valence-corrected chi connectivity index (χ0v) is 19.9. The van der Waals surface area contributed by atoms with Crippen molar-refractivity contribution in [1.82, 2.24) is 8.64 Å². The van der Waals surface area contributed by atoms with Gasteiger partial charge in [0.15, 0.2) is 0 Å². The highest BCUT2D eigenvalue weighted by atomic mass is 32.2. The molecule has 9 heteroatoms. The topological polar surface area (TPSA) is 84.6 Å². The molecule has 1 atom stereocenters. The van der Waals surface area contributed by atoms with Gasteiger partial charge >= 0.3 is 0 Å². The monoisotopic (exact) mass is 451 g/mol. The van der Waals surface area contributed by atoms with Gasteiger partial charge in [-0.2, -0.15) is 5.26 Å². The van der Waals surface area contributed by atoms with Crippen LogP contribution in [0.1, 0.15) is 38.8 Å². The number of nitriles is 1. The smallest absolute Gasteiger partial charge is 0.267 e. The van der Waals surface area contributed by atoms with E-state index in [-0.39, 0.29) is 23.6 Å². The van der Waals surface area contributed by atoms with Gasteiger partial charge in [-0.25, -0.2) is 17.1 Å². The predicted octanol–water partition coefficient (Wildman–Crippen LogP) is 4.48. The summed E-state index contributed by atoms with van der Waals surface area (Å²) in [4.78, 5) is 0.254. The number of rotatable bonds is 11. The molecule has 0 saturated heterocycles. The summed E-state index contributed by atoms with van der Waals surface area (Å²) < 4.78 is 40.5. The fourth-order valence-electron chi connectivity index (χ4n) is 3.02. The molecule has 164 valence electrons. The summed E-state index contributed by atoms with van der Waals surface area (Å²) in [7, 11) is -4.99. The van der Waals surface area contributed by atoms with Gasteiger partial charge in [0.2, 0.25) is 0 Å². The molecule has 0 bridgehead atoms. The molecule has 1 heterocycles. The van der Waals surface area contributed by atoms with Crippen molar-refractivity contribution in [2.75, 3.05) is 13.2 Å². The van der Waals surface area contributed by atoms with Crippen LogP contribution in [-0.2, 0) is 25.5 Å². The first-order valence-electron chi connectivity index (χ1n) is 9.87. The van der Waals surface area contributed by atoms with Crippen LogP contribution in [0.4, 0.5) is 0 Å². The lowest BCUT2D eigenvalue weighted by Crippen LogP contribution is -2.33. The first kappa shape index (κ1) is 24.5. The normalized spacial score (nSPS) is 13.2. The summed E-state index contributed by atoms with van der Waals surface area (Å²) in [5.74, 6) is 0. The molecule has 0 amide bonds. The van der Waals surface area contributed by atoms with E-state index in [1.165, 1.54) is 3.97 Å². The van der Waals surface area contributed by atoms with Gasteiger partial charge in [0, 0.05) is 24.5 Å². The van der Waals surface area contributed by atoms with Crippen LogP contribution in [0.25, 0.3) is 0 Å². The molecule has 1 aromatic carbocycles. The minimum atomic E-state index is -3.61. The van der Waals surface area contributed by atoms with E-state index in [9.17, 15) is 8.42 Å². The lowest BCUT2D eigenvalue weighted by atomic mass is 10.2. The summed E-state index contributed by atoms with van der Waals surface area (Å²) in [6.07, 6.45) is 3.70. The Balaban J connectivity index is 2.04. The van der Waals surface area contributed by atoms with E-state index in [0.29, 0.717) is 13.0 Å². The standard InChI is InChI=1S/C21H30N3O4PS/c1-17(2)24(18(3)4)29(28-15-12-22)27-14-11-20-10-13-23(16-20)30(25,26)21-8-6-19(5)7-9-21/h6-10,13,16-18H,11,14-15H2,1-5H3. The van der Waals surface area contributed by atoms with E-state index in [1.807, 2.05) is 13.0 Å². The Hall–Kier alpha value is -1.75. The molecule has 0 aliphatic carbocycles. The van der Waals surface area contributed by atoms with Gasteiger partial charge < -0.3 is 9.05 Å². The molecule has 0 fully saturated rings. The number of benzene rings is 1. The Kier molecular flexibility index (Phi) is 9.02. The molecule has 30 heavy (non-hydrogen) atoms. The first-order valence-corrected chi connectivity index (χ1v) is 12.4. The number of aryl methyl sites for hydroxylation is 1. The van der Waals surface area contributed by atoms with E-state index in [4.69, 9.17) is 14.3 Å². The summed E-state index contributed by atoms with van der Waals surface area (Å²) in [5, 5.41) is 8.87. The van der Waals surface area contributed by atoms with E-state index < -0.39 is 18.5 Å². The third-order valence-electron chi connectivity index (χ3n) is 4.40. The molecule has 0 aliphatic heterocycles. The molecule has 2 rings (SSSR count). The van der Waals surface area contributed by atoms with Crippen molar-refractivity contribution < 1.29 is 17.5 Å². The Labute approximate surface area is 181 Å². The molecule has 0 radical (unpaired) electrons. The molecule has 0 saturated carbocycles. The van der Waals surface area contributed by atoms with Crippen LogP contribution in [0, 0.1) is 18.3 Å². The van der Waals surface area contributed by atoms with Crippen LogP contribution in [0.15, 0.2) is 47.6 Å². The maximum atomic E-state index is 12.8. The molecule has 0 aliphatic rings. The first-order chi connectivity index (χ1) is 14.2. The molecule has 1 unspecified atom stereocenters. The molecule has 0 spiro atoms. The summed E-state index contributed by atoms with van der Waals surface area (Å²) in [6.45, 7) is 10.5. The van der Waals surface area contributed by atoms with Gasteiger partial charge in [-0.05, 0) is 64.8 Å². The fraction of sp³-hybridized carbons (Fsp3) is 0.476. The van der Waals surface area contributed by atoms with Gasteiger partial charge in [0.25, 0.3) is 18.5 Å². The van der Waals surface area contributed by atoms with Gasteiger partial charge in [0.1, 0.15) is 6.61 Å². The largest absolute Gasteiger partial charge is 0.322 e. The van der Waals surface area contributed by atoms with E-state index in [1.54, 1.807) is 42.7 Å². The van der Waals surface area contributed by atoms with Crippen LogP contribution in [0.5, 0.6) is 0 Å². The minimum absolute atomic E-state index is 0.0349. The fourth-order valence-corrected chi connectivity index (χ4v) is 5.75. The zero-order chi connectivity index (χ0) is 22.3. The highest BCUT2D eigenvalue weighted by molar-refractivity contribution is 7.90. The maximum Gasteiger partial charge on any atom is 0.267 e. The van der Waals surface area contributed by atoms with Crippen molar-refractivity contribution >= 4 is 18.5 Å². The second-order valence-electron chi connectivity index (χ2n) is 7.49. The SMILES string of the molecule is Cc1ccc(S(=O)(=O)n2ccc(CCOP(OCC#N)N(C(C)C)C(C)C)c2)cc1. The molecule has 1 aromatic heterocycles. The lowest BCUT2D eigenvalue weighted by molar-refractivity contribution is 0.187.